The van der Waals surface area contributed by atoms with Crippen LogP contribution in [0.2, 0.25) is 0 Å². The number of fused-ring (bicyclic) bond motifs is 1. The fourth-order valence-corrected chi connectivity index (χ4v) is 3.02. The third-order valence-corrected chi connectivity index (χ3v) is 4.09. The number of carbonyl (C=O) groups is 1. The van der Waals surface area contributed by atoms with Gasteiger partial charge in [-0.1, -0.05) is 34.1 Å². The molecule has 2 aromatic carbocycles. The lowest BCUT2D eigenvalue weighted by atomic mass is 10.1. The Morgan fingerprint density at radius 2 is 2.10 bits per heavy atom. The second-order valence-corrected chi connectivity index (χ2v) is 5.83. The fourth-order valence-electron chi connectivity index (χ4n) is 2.66. The van der Waals surface area contributed by atoms with Gasteiger partial charge in [0, 0.05) is 11.0 Å². The van der Waals surface area contributed by atoms with E-state index < -0.39 is 5.82 Å². The molecule has 2 aromatic rings. The van der Waals surface area contributed by atoms with E-state index in [0.29, 0.717) is 11.0 Å². The zero-order valence-electron chi connectivity index (χ0n) is 11.0. The molecule has 0 aromatic heterocycles. The molecule has 4 heteroatoms. The molecule has 1 heterocycles. The van der Waals surface area contributed by atoms with Crippen molar-refractivity contribution in [2.75, 3.05) is 11.4 Å². The second-order valence-electron chi connectivity index (χ2n) is 4.91. The molecule has 0 atom stereocenters. The molecule has 0 spiro atoms. The normalized spacial score (nSPS) is 13.4. The van der Waals surface area contributed by atoms with Gasteiger partial charge in [0.25, 0.3) is 5.91 Å². The summed E-state index contributed by atoms with van der Waals surface area (Å²) in [5.74, 6) is -0.767. The third kappa shape index (κ3) is 2.14. The van der Waals surface area contributed by atoms with Crippen LogP contribution in [0.3, 0.4) is 0 Å². The molecular formula is C16H13BrFNO. The molecule has 20 heavy (non-hydrogen) atoms. The molecule has 1 aliphatic rings. The lowest BCUT2D eigenvalue weighted by Gasteiger charge is -2.19. The van der Waals surface area contributed by atoms with Gasteiger partial charge in [-0.3, -0.25) is 4.79 Å². The minimum atomic E-state index is -0.486. The van der Waals surface area contributed by atoms with Gasteiger partial charge in [-0.15, -0.1) is 0 Å². The summed E-state index contributed by atoms with van der Waals surface area (Å²) in [5, 5.41) is 0. The van der Waals surface area contributed by atoms with Crippen molar-refractivity contribution in [1.29, 1.82) is 0 Å². The van der Waals surface area contributed by atoms with E-state index >= 15 is 0 Å². The van der Waals surface area contributed by atoms with Crippen molar-refractivity contribution in [3.05, 3.63) is 63.4 Å². The molecule has 1 amide bonds. The molecule has 0 unspecified atom stereocenters. The van der Waals surface area contributed by atoms with Crippen molar-refractivity contribution in [2.24, 2.45) is 0 Å². The van der Waals surface area contributed by atoms with Crippen LogP contribution in [0.5, 0.6) is 0 Å². The minimum Gasteiger partial charge on any atom is -0.307 e. The maximum atomic E-state index is 13.9. The van der Waals surface area contributed by atoms with E-state index in [0.717, 1.165) is 23.2 Å². The van der Waals surface area contributed by atoms with E-state index in [1.807, 2.05) is 25.1 Å². The van der Waals surface area contributed by atoms with Crippen molar-refractivity contribution in [3.63, 3.8) is 0 Å². The summed E-state index contributed by atoms with van der Waals surface area (Å²) in [6, 6.07) is 10.4. The summed E-state index contributed by atoms with van der Waals surface area (Å²) >= 11 is 3.28. The molecule has 0 N–H and O–H groups in total. The predicted molar refractivity (Wildman–Crippen MR) is 80.7 cm³/mol. The van der Waals surface area contributed by atoms with E-state index in [1.54, 1.807) is 11.0 Å². The molecular weight excluding hydrogens is 321 g/mol. The molecule has 0 saturated carbocycles. The van der Waals surface area contributed by atoms with Gasteiger partial charge in [0.1, 0.15) is 5.82 Å². The largest absolute Gasteiger partial charge is 0.307 e. The fraction of sp³-hybridized carbons (Fsp3) is 0.188. The van der Waals surface area contributed by atoms with Gasteiger partial charge < -0.3 is 4.90 Å². The molecule has 0 radical (unpaired) electrons. The minimum absolute atomic E-state index is 0.107. The molecule has 0 bridgehead atoms. The third-order valence-electron chi connectivity index (χ3n) is 3.60. The SMILES string of the molecule is Cc1cccc2c1N(C(=O)c1cc(Br)ccc1F)CC2. The first kappa shape index (κ1) is 13.3. The van der Waals surface area contributed by atoms with Gasteiger partial charge in [0.05, 0.1) is 11.3 Å². The molecule has 102 valence electrons. The van der Waals surface area contributed by atoms with E-state index in [9.17, 15) is 9.18 Å². The Morgan fingerprint density at radius 3 is 2.90 bits per heavy atom. The number of amides is 1. The van der Waals surface area contributed by atoms with Crippen molar-refractivity contribution in [1.82, 2.24) is 0 Å². The van der Waals surface area contributed by atoms with Crippen LogP contribution < -0.4 is 4.90 Å². The highest BCUT2D eigenvalue weighted by Gasteiger charge is 2.28. The average Bonchev–Trinajstić information content (AvgIpc) is 2.86. The standard InChI is InChI=1S/C16H13BrFNO/c1-10-3-2-4-11-7-8-19(15(10)11)16(20)13-9-12(17)5-6-14(13)18/h2-6,9H,7-8H2,1H3. The molecule has 3 rings (SSSR count). The van der Waals surface area contributed by atoms with Crippen molar-refractivity contribution < 1.29 is 9.18 Å². The van der Waals surface area contributed by atoms with Gasteiger partial charge >= 0.3 is 0 Å². The van der Waals surface area contributed by atoms with Gasteiger partial charge in [0.2, 0.25) is 0 Å². The predicted octanol–water partition coefficient (Wildman–Crippen LogP) is 4.10. The topological polar surface area (TPSA) is 20.3 Å². The number of anilines is 1. The Hall–Kier alpha value is -1.68. The Bertz CT molecular complexity index is 699. The Labute approximate surface area is 125 Å². The summed E-state index contributed by atoms with van der Waals surface area (Å²) < 4.78 is 14.6. The quantitative estimate of drug-likeness (QED) is 0.769. The Morgan fingerprint density at radius 1 is 1.30 bits per heavy atom. The maximum Gasteiger partial charge on any atom is 0.261 e. The van der Waals surface area contributed by atoms with Gasteiger partial charge in [-0.2, -0.15) is 0 Å². The van der Waals surface area contributed by atoms with Crippen LogP contribution in [0.25, 0.3) is 0 Å². The number of carbonyl (C=O) groups excluding carboxylic acids is 1. The first-order chi connectivity index (χ1) is 9.58. The number of para-hydroxylation sites is 1. The van der Waals surface area contributed by atoms with E-state index in [2.05, 4.69) is 15.9 Å². The zero-order chi connectivity index (χ0) is 14.3. The summed E-state index contributed by atoms with van der Waals surface area (Å²) in [5.41, 5.74) is 3.23. The first-order valence-corrected chi connectivity index (χ1v) is 7.22. The summed E-state index contributed by atoms with van der Waals surface area (Å²) in [4.78, 5) is 14.3. The molecule has 0 fully saturated rings. The smallest absolute Gasteiger partial charge is 0.261 e. The summed E-state index contributed by atoms with van der Waals surface area (Å²) in [6.45, 7) is 2.58. The van der Waals surface area contributed by atoms with Crippen molar-refractivity contribution in [2.45, 2.75) is 13.3 Å². The molecule has 0 aliphatic carbocycles. The number of nitrogens with zero attached hydrogens (tertiary/aromatic N) is 1. The highest BCUT2D eigenvalue weighted by molar-refractivity contribution is 9.10. The van der Waals surface area contributed by atoms with Gasteiger partial charge in [-0.05, 0) is 42.7 Å². The van der Waals surface area contributed by atoms with Crippen LogP contribution in [0.1, 0.15) is 21.5 Å². The Kier molecular flexibility index (Phi) is 3.34. The molecule has 0 saturated heterocycles. The van der Waals surface area contributed by atoms with Crippen LogP contribution in [-0.4, -0.2) is 12.5 Å². The number of hydrogen-bond donors (Lipinski definition) is 0. The highest BCUT2D eigenvalue weighted by Crippen LogP contribution is 2.33. The molecule has 1 aliphatic heterocycles. The van der Waals surface area contributed by atoms with Crippen LogP contribution >= 0.6 is 15.9 Å². The van der Waals surface area contributed by atoms with Crippen LogP contribution in [0.4, 0.5) is 10.1 Å². The second kappa shape index (κ2) is 5.02. The van der Waals surface area contributed by atoms with E-state index in [-0.39, 0.29) is 11.5 Å². The molecule has 2 nitrogen and oxygen atoms in total. The lowest BCUT2D eigenvalue weighted by Crippen LogP contribution is -2.30. The number of rotatable bonds is 1. The Balaban J connectivity index is 2.04. The van der Waals surface area contributed by atoms with E-state index in [4.69, 9.17) is 0 Å². The highest BCUT2D eigenvalue weighted by atomic mass is 79.9. The summed E-state index contributed by atoms with van der Waals surface area (Å²) in [6.07, 6.45) is 0.818. The van der Waals surface area contributed by atoms with Crippen molar-refractivity contribution in [3.8, 4) is 0 Å². The van der Waals surface area contributed by atoms with Crippen LogP contribution in [-0.2, 0) is 6.42 Å². The first-order valence-electron chi connectivity index (χ1n) is 6.43. The van der Waals surface area contributed by atoms with Crippen LogP contribution in [0.15, 0.2) is 40.9 Å². The maximum absolute atomic E-state index is 13.9. The van der Waals surface area contributed by atoms with Crippen LogP contribution in [0, 0.1) is 12.7 Å². The summed E-state index contributed by atoms with van der Waals surface area (Å²) in [7, 11) is 0. The van der Waals surface area contributed by atoms with E-state index in [1.165, 1.54) is 12.1 Å². The van der Waals surface area contributed by atoms with Gasteiger partial charge in [0.15, 0.2) is 0 Å². The number of benzene rings is 2. The van der Waals surface area contributed by atoms with Gasteiger partial charge in [-0.25, -0.2) is 4.39 Å². The number of halogens is 2. The lowest BCUT2D eigenvalue weighted by molar-refractivity contribution is 0.0985. The monoisotopic (exact) mass is 333 g/mol. The number of hydrogen-bond acceptors (Lipinski definition) is 1. The number of aryl methyl sites for hydroxylation is 1. The zero-order valence-corrected chi connectivity index (χ0v) is 12.6. The van der Waals surface area contributed by atoms with Crippen molar-refractivity contribution >= 4 is 27.5 Å². The average molecular weight is 334 g/mol.